The average Bonchev–Trinajstić information content (AvgIpc) is 2.16. The molecule has 1 heteroatoms. The summed E-state index contributed by atoms with van der Waals surface area (Å²) >= 11 is 0. The molecule has 1 aliphatic heterocycles. The molecule has 0 aliphatic carbocycles. The summed E-state index contributed by atoms with van der Waals surface area (Å²) in [6, 6.07) is 0. The van der Waals surface area contributed by atoms with E-state index in [0.29, 0.717) is 5.92 Å². The Hall–Kier alpha value is -0.460. The predicted octanol–water partition coefficient (Wildman–Crippen LogP) is 3.28. The van der Waals surface area contributed by atoms with Crippen molar-refractivity contribution in [2.24, 2.45) is 11.8 Å². The lowest BCUT2D eigenvalue weighted by Gasteiger charge is -2.36. The highest BCUT2D eigenvalue weighted by Crippen LogP contribution is 2.24. The molecule has 1 saturated heterocycles. The van der Waals surface area contributed by atoms with E-state index in [1.807, 2.05) is 0 Å². The van der Waals surface area contributed by atoms with Crippen molar-refractivity contribution in [3.63, 3.8) is 0 Å². The molecule has 0 spiro atoms. The number of hydrogen-bond donors (Lipinski definition) is 0. The monoisotopic (exact) mass is 181 g/mol. The van der Waals surface area contributed by atoms with Crippen molar-refractivity contribution in [2.75, 3.05) is 13.1 Å². The number of piperidine rings is 1. The molecule has 0 aromatic rings. The summed E-state index contributed by atoms with van der Waals surface area (Å²) in [4.78, 5) is 2.49. The fraction of sp³-hybridized carbons (Fsp3) is 0.833. The molecule has 1 atom stereocenters. The van der Waals surface area contributed by atoms with Crippen LogP contribution in [0.1, 0.15) is 40.0 Å². The zero-order valence-corrected chi connectivity index (χ0v) is 9.34. The van der Waals surface area contributed by atoms with E-state index in [0.717, 1.165) is 5.92 Å². The van der Waals surface area contributed by atoms with Crippen LogP contribution in [-0.4, -0.2) is 18.0 Å². The van der Waals surface area contributed by atoms with Crippen molar-refractivity contribution in [1.29, 1.82) is 0 Å². The highest BCUT2D eigenvalue weighted by Gasteiger charge is 2.20. The van der Waals surface area contributed by atoms with Gasteiger partial charge in [-0.25, -0.2) is 0 Å². The second-order valence-corrected chi connectivity index (χ2v) is 4.51. The highest BCUT2D eigenvalue weighted by atomic mass is 15.1. The Balaban J connectivity index is 2.46. The zero-order chi connectivity index (χ0) is 9.84. The lowest BCUT2D eigenvalue weighted by molar-refractivity contribution is 0.200. The van der Waals surface area contributed by atoms with Gasteiger partial charge in [0, 0.05) is 18.8 Å². The fourth-order valence-corrected chi connectivity index (χ4v) is 2.02. The van der Waals surface area contributed by atoms with Gasteiger partial charge < -0.3 is 4.90 Å². The summed E-state index contributed by atoms with van der Waals surface area (Å²) in [5, 5.41) is 0. The van der Waals surface area contributed by atoms with E-state index in [-0.39, 0.29) is 0 Å². The minimum Gasteiger partial charge on any atom is -0.375 e. The quantitative estimate of drug-likeness (QED) is 0.646. The number of nitrogens with zero attached hydrogens (tertiary/aromatic N) is 1. The molecular weight excluding hydrogens is 158 g/mol. The fourth-order valence-electron chi connectivity index (χ4n) is 2.02. The first-order valence-electron chi connectivity index (χ1n) is 5.58. The van der Waals surface area contributed by atoms with Crippen molar-refractivity contribution >= 4 is 0 Å². The molecule has 0 aromatic heterocycles. The molecule has 0 radical (unpaired) electrons. The molecule has 1 rings (SSSR count). The van der Waals surface area contributed by atoms with Gasteiger partial charge in [-0.1, -0.05) is 33.8 Å². The molecule has 1 unspecified atom stereocenters. The minimum absolute atomic E-state index is 0.607. The normalized spacial score (nSPS) is 23.7. The lowest BCUT2D eigenvalue weighted by atomic mass is 9.94. The van der Waals surface area contributed by atoms with E-state index >= 15 is 0 Å². The standard InChI is InChI=1S/C12H23N/c1-5-12-7-6-8-13(9-12)11(4)10(2)3/h10,12H,4-9H2,1-3H3. The van der Waals surface area contributed by atoms with E-state index in [9.17, 15) is 0 Å². The second kappa shape index (κ2) is 4.69. The molecule has 0 bridgehead atoms. The first-order valence-corrected chi connectivity index (χ1v) is 5.58. The third kappa shape index (κ3) is 2.75. The Kier molecular flexibility index (Phi) is 3.83. The van der Waals surface area contributed by atoms with E-state index in [2.05, 4.69) is 32.3 Å². The molecule has 0 N–H and O–H groups in total. The summed E-state index contributed by atoms with van der Waals surface area (Å²) in [5.74, 6) is 1.51. The van der Waals surface area contributed by atoms with Crippen molar-refractivity contribution in [2.45, 2.75) is 40.0 Å². The number of likely N-dealkylation sites (tertiary alicyclic amines) is 1. The van der Waals surface area contributed by atoms with Gasteiger partial charge in [-0.2, -0.15) is 0 Å². The van der Waals surface area contributed by atoms with Crippen LogP contribution in [0.2, 0.25) is 0 Å². The molecule has 1 fully saturated rings. The summed E-state index contributed by atoms with van der Waals surface area (Å²) in [6.07, 6.45) is 4.09. The largest absolute Gasteiger partial charge is 0.375 e. The Morgan fingerprint density at radius 2 is 2.23 bits per heavy atom. The molecule has 76 valence electrons. The highest BCUT2D eigenvalue weighted by molar-refractivity contribution is 4.98. The van der Waals surface area contributed by atoms with Crippen molar-refractivity contribution < 1.29 is 0 Å². The average molecular weight is 181 g/mol. The van der Waals surface area contributed by atoms with Gasteiger partial charge in [0.25, 0.3) is 0 Å². The molecule has 1 heterocycles. The van der Waals surface area contributed by atoms with Crippen LogP contribution in [0.15, 0.2) is 12.3 Å². The van der Waals surface area contributed by atoms with Crippen LogP contribution in [0, 0.1) is 11.8 Å². The van der Waals surface area contributed by atoms with Crippen molar-refractivity contribution in [3.05, 3.63) is 12.3 Å². The lowest BCUT2D eigenvalue weighted by Crippen LogP contribution is -2.35. The summed E-state index contributed by atoms with van der Waals surface area (Å²) < 4.78 is 0. The second-order valence-electron chi connectivity index (χ2n) is 4.51. The number of hydrogen-bond acceptors (Lipinski definition) is 1. The van der Waals surface area contributed by atoms with Gasteiger partial charge >= 0.3 is 0 Å². The third-order valence-corrected chi connectivity index (χ3v) is 3.17. The van der Waals surface area contributed by atoms with E-state index in [1.54, 1.807) is 0 Å². The third-order valence-electron chi connectivity index (χ3n) is 3.17. The Morgan fingerprint density at radius 1 is 1.54 bits per heavy atom. The van der Waals surface area contributed by atoms with Crippen LogP contribution in [0.25, 0.3) is 0 Å². The topological polar surface area (TPSA) is 3.24 Å². The van der Waals surface area contributed by atoms with Gasteiger partial charge in [0.05, 0.1) is 0 Å². The maximum Gasteiger partial charge on any atom is 0.0203 e. The zero-order valence-electron chi connectivity index (χ0n) is 9.34. The number of rotatable bonds is 3. The summed E-state index contributed by atoms with van der Waals surface area (Å²) in [5.41, 5.74) is 1.33. The van der Waals surface area contributed by atoms with Crippen LogP contribution < -0.4 is 0 Å². The molecule has 0 amide bonds. The van der Waals surface area contributed by atoms with Crippen LogP contribution >= 0.6 is 0 Å². The smallest absolute Gasteiger partial charge is 0.0203 e. The molecule has 1 nitrogen and oxygen atoms in total. The van der Waals surface area contributed by atoms with Gasteiger partial charge in [-0.05, 0) is 24.7 Å². The van der Waals surface area contributed by atoms with Crippen LogP contribution in [0.5, 0.6) is 0 Å². The van der Waals surface area contributed by atoms with Crippen molar-refractivity contribution in [1.82, 2.24) is 4.90 Å². The maximum atomic E-state index is 4.17. The van der Waals surface area contributed by atoms with Gasteiger partial charge in [-0.15, -0.1) is 0 Å². The van der Waals surface area contributed by atoms with Crippen LogP contribution in [0.3, 0.4) is 0 Å². The van der Waals surface area contributed by atoms with E-state index in [1.165, 1.54) is 38.0 Å². The first kappa shape index (κ1) is 10.6. The van der Waals surface area contributed by atoms with Gasteiger partial charge in [0.1, 0.15) is 0 Å². The molecule has 13 heavy (non-hydrogen) atoms. The SMILES string of the molecule is C=C(C(C)C)N1CCCC(CC)C1. The van der Waals surface area contributed by atoms with Crippen LogP contribution in [0.4, 0.5) is 0 Å². The van der Waals surface area contributed by atoms with E-state index in [4.69, 9.17) is 0 Å². The Morgan fingerprint density at radius 3 is 2.77 bits per heavy atom. The summed E-state index contributed by atoms with van der Waals surface area (Å²) in [6.45, 7) is 13.4. The molecule has 0 saturated carbocycles. The number of allylic oxidation sites excluding steroid dienone is 1. The Bertz CT molecular complexity index is 172. The first-order chi connectivity index (χ1) is 6.15. The van der Waals surface area contributed by atoms with E-state index < -0.39 is 0 Å². The van der Waals surface area contributed by atoms with Gasteiger partial charge in [0.15, 0.2) is 0 Å². The minimum atomic E-state index is 0.607. The van der Waals surface area contributed by atoms with Crippen LogP contribution in [-0.2, 0) is 0 Å². The predicted molar refractivity (Wildman–Crippen MR) is 58.6 cm³/mol. The van der Waals surface area contributed by atoms with Crippen molar-refractivity contribution in [3.8, 4) is 0 Å². The summed E-state index contributed by atoms with van der Waals surface area (Å²) in [7, 11) is 0. The van der Waals surface area contributed by atoms with Gasteiger partial charge in [0.2, 0.25) is 0 Å². The molecule has 1 aliphatic rings. The maximum absolute atomic E-state index is 4.17. The Labute approximate surface area is 82.8 Å². The molecule has 0 aromatic carbocycles. The van der Waals surface area contributed by atoms with Gasteiger partial charge in [-0.3, -0.25) is 0 Å². The molecular formula is C12H23N.